The third kappa shape index (κ3) is 6.00. The van der Waals surface area contributed by atoms with Crippen LogP contribution in [-0.2, 0) is 19.7 Å². The van der Waals surface area contributed by atoms with Crippen LogP contribution in [0.1, 0.15) is 36.7 Å². The molecule has 0 aliphatic heterocycles. The summed E-state index contributed by atoms with van der Waals surface area (Å²) in [4.78, 5) is 34.4. The van der Waals surface area contributed by atoms with Crippen molar-refractivity contribution in [2.24, 2.45) is 0 Å². The molecule has 1 rings (SSSR count). The molecular formula is C17H24N2O5. The average molecular weight is 336 g/mol. The fourth-order valence-corrected chi connectivity index (χ4v) is 1.92. The van der Waals surface area contributed by atoms with Gasteiger partial charge in [-0.05, 0) is 23.1 Å². The number of carbonyl (C=O) groups is 3. The lowest BCUT2D eigenvalue weighted by molar-refractivity contribution is -0.148. The van der Waals surface area contributed by atoms with E-state index in [1.54, 1.807) is 12.1 Å². The minimum absolute atomic E-state index is 0.00305. The number of carboxylic acids is 1. The summed E-state index contributed by atoms with van der Waals surface area (Å²) in [5, 5.41) is 13.7. The number of methoxy groups -OCH3 is 1. The van der Waals surface area contributed by atoms with E-state index in [4.69, 9.17) is 9.84 Å². The summed E-state index contributed by atoms with van der Waals surface area (Å²) in [6.07, 6.45) is -1.12. The molecule has 0 aliphatic rings. The number of ether oxygens (including phenoxy) is 1. The smallest absolute Gasteiger partial charge is 0.334 e. The van der Waals surface area contributed by atoms with Crippen LogP contribution in [0, 0.1) is 0 Å². The van der Waals surface area contributed by atoms with E-state index in [9.17, 15) is 14.4 Å². The highest BCUT2D eigenvalue weighted by Crippen LogP contribution is 2.22. The van der Waals surface area contributed by atoms with Crippen LogP contribution in [0.2, 0.25) is 0 Å². The monoisotopic (exact) mass is 336 g/mol. The minimum atomic E-state index is -1.17. The van der Waals surface area contributed by atoms with E-state index in [0.29, 0.717) is 5.56 Å². The van der Waals surface area contributed by atoms with Gasteiger partial charge in [0.15, 0.2) is 6.10 Å². The Balaban J connectivity index is 2.48. The Labute approximate surface area is 141 Å². The lowest BCUT2D eigenvalue weighted by atomic mass is 9.87. The topological polar surface area (TPSA) is 105 Å². The summed E-state index contributed by atoms with van der Waals surface area (Å²) in [6.45, 7) is 5.83. The van der Waals surface area contributed by atoms with Crippen molar-refractivity contribution in [1.29, 1.82) is 0 Å². The fourth-order valence-electron chi connectivity index (χ4n) is 1.92. The number of hydrogen-bond donors (Lipinski definition) is 3. The SMILES string of the molecule is COC(CNC(=O)CNC(=O)c1ccc(C(C)(C)C)cc1)C(=O)O. The Morgan fingerprint density at radius 2 is 1.71 bits per heavy atom. The molecule has 1 atom stereocenters. The molecule has 0 heterocycles. The molecule has 0 fully saturated rings. The summed E-state index contributed by atoms with van der Waals surface area (Å²) in [5.41, 5.74) is 1.56. The number of rotatable bonds is 7. The number of benzene rings is 1. The summed E-state index contributed by atoms with van der Waals surface area (Å²) in [5.74, 6) is -2.02. The first-order chi connectivity index (χ1) is 11.1. The largest absolute Gasteiger partial charge is 0.479 e. The van der Waals surface area contributed by atoms with Gasteiger partial charge >= 0.3 is 5.97 Å². The van der Waals surface area contributed by atoms with Gasteiger partial charge in [-0.2, -0.15) is 0 Å². The average Bonchev–Trinajstić information content (AvgIpc) is 2.52. The number of hydrogen-bond acceptors (Lipinski definition) is 4. The highest BCUT2D eigenvalue weighted by atomic mass is 16.5. The summed E-state index contributed by atoms with van der Waals surface area (Å²) in [6, 6.07) is 7.18. The van der Waals surface area contributed by atoms with E-state index in [1.807, 2.05) is 12.1 Å². The van der Waals surface area contributed by atoms with Crippen LogP contribution in [0.15, 0.2) is 24.3 Å². The Bertz CT molecular complexity index is 590. The van der Waals surface area contributed by atoms with Crippen molar-refractivity contribution in [3.63, 3.8) is 0 Å². The predicted octanol–water partition coefficient (Wildman–Crippen LogP) is 0.930. The predicted molar refractivity (Wildman–Crippen MR) is 88.9 cm³/mol. The van der Waals surface area contributed by atoms with Crippen molar-refractivity contribution >= 4 is 17.8 Å². The van der Waals surface area contributed by atoms with Crippen molar-refractivity contribution in [2.45, 2.75) is 32.3 Å². The molecule has 0 aliphatic carbocycles. The Kier molecular flexibility index (Phi) is 6.91. The molecule has 0 bridgehead atoms. The maximum Gasteiger partial charge on any atom is 0.334 e. The van der Waals surface area contributed by atoms with Crippen LogP contribution in [0.5, 0.6) is 0 Å². The molecule has 3 N–H and O–H groups in total. The van der Waals surface area contributed by atoms with Crippen LogP contribution < -0.4 is 10.6 Å². The second-order valence-electron chi connectivity index (χ2n) is 6.38. The van der Waals surface area contributed by atoms with Crippen LogP contribution in [0.4, 0.5) is 0 Å². The Hall–Kier alpha value is -2.41. The second-order valence-corrected chi connectivity index (χ2v) is 6.38. The summed E-state index contributed by atoms with van der Waals surface area (Å²) >= 11 is 0. The van der Waals surface area contributed by atoms with Gasteiger partial charge in [-0.15, -0.1) is 0 Å². The molecular weight excluding hydrogens is 312 g/mol. The zero-order valence-electron chi connectivity index (χ0n) is 14.4. The van der Waals surface area contributed by atoms with Gasteiger partial charge in [0.1, 0.15) is 0 Å². The van der Waals surface area contributed by atoms with Gasteiger partial charge in [0.25, 0.3) is 5.91 Å². The van der Waals surface area contributed by atoms with E-state index in [-0.39, 0.29) is 24.4 Å². The van der Waals surface area contributed by atoms with Crippen LogP contribution >= 0.6 is 0 Å². The number of amides is 2. The zero-order chi connectivity index (χ0) is 18.3. The number of aliphatic carboxylic acids is 1. The van der Waals surface area contributed by atoms with E-state index in [2.05, 4.69) is 31.4 Å². The van der Waals surface area contributed by atoms with E-state index in [1.165, 1.54) is 7.11 Å². The normalized spacial score (nSPS) is 12.3. The van der Waals surface area contributed by atoms with Crippen LogP contribution in [0.3, 0.4) is 0 Å². The first kappa shape index (κ1) is 19.6. The maximum absolute atomic E-state index is 12.0. The maximum atomic E-state index is 12.0. The molecule has 0 radical (unpaired) electrons. The van der Waals surface area contributed by atoms with Gasteiger partial charge in [-0.3, -0.25) is 9.59 Å². The van der Waals surface area contributed by atoms with E-state index < -0.39 is 18.0 Å². The summed E-state index contributed by atoms with van der Waals surface area (Å²) < 4.78 is 4.69. The molecule has 2 amide bonds. The van der Waals surface area contributed by atoms with E-state index >= 15 is 0 Å². The molecule has 0 spiro atoms. The minimum Gasteiger partial charge on any atom is -0.479 e. The lowest BCUT2D eigenvalue weighted by Crippen LogP contribution is -2.42. The van der Waals surface area contributed by atoms with Crippen LogP contribution in [0.25, 0.3) is 0 Å². The molecule has 132 valence electrons. The van der Waals surface area contributed by atoms with Gasteiger partial charge in [-0.25, -0.2) is 4.79 Å². The Morgan fingerprint density at radius 3 is 2.17 bits per heavy atom. The molecule has 0 saturated carbocycles. The molecule has 7 nitrogen and oxygen atoms in total. The van der Waals surface area contributed by atoms with Gasteiger partial charge < -0.3 is 20.5 Å². The lowest BCUT2D eigenvalue weighted by Gasteiger charge is -2.19. The molecule has 7 heteroatoms. The van der Waals surface area contributed by atoms with Crippen molar-refractivity contribution in [2.75, 3.05) is 20.2 Å². The fraction of sp³-hybridized carbons (Fsp3) is 0.471. The standard InChI is InChI=1S/C17H24N2O5/c1-17(2,3)12-7-5-11(6-8-12)15(21)19-10-14(20)18-9-13(24-4)16(22)23/h5-8,13H,9-10H2,1-4H3,(H,18,20)(H,19,21)(H,22,23). The van der Waals surface area contributed by atoms with Gasteiger partial charge in [0, 0.05) is 12.7 Å². The molecule has 1 aromatic carbocycles. The van der Waals surface area contributed by atoms with Crippen LogP contribution in [-0.4, -0.2) is 49.2 Å². The van der Waals surface area contributed by atoms with Crippen molar-refractivity contribution in [1.82, 2.24) is 10.6 Å². The third-order valence-corrected chi connectivity index (χ3v) is 3.47. The van der Waals surface area contributed by atoms with Gasteiger partial charge in [0.05, 0.1) is 13.1 Å². The van der Waals surface area contributed by atoms with Crippen molar-refractivity contribution < 1.29 is 24.2 Å². The van der Waals surface area contributed by atoms with Gasteiger partial charge in [-0.1, -0.05) is 32.9 Å². The second kappa shape index (κ2) is 8.44. The molecule has 1 aromatic rings. The number of carbonyl (C=O) groups excluding carboxylic acids is 2. The Morgan fingerprint density at radius 1 is 1.12 bits per heavy atom. The first-order valence-corrected chi connectivity index (χ1v) is 7.56. The quantitative estimate of drug-likeness (QED) is 0.687. The highest BCUT2D eigenvalue weighted by Gasteiger charge is 2.18. The number of nitrogens with one attached hydrogen (secondary N) is 2. The molecule has 0 aromatic heterocycles. The first-order valence-electron chi connectivity index (χ1n) is 7.56. The summed E-state index contributed by atoms with van der Waals surface area (Å²) in [7, 11) is 1.24. The number of carboxylic acid groups (broad SMARTS) is 1. The molecule has 0 saturated heterocycles. The third-order valence-electron chi connectivity index (χ3n) is 3.47. The zero-order valence-corrected chi connectivity index (χ0v) is 14.4. The van der Waals surface area contributed by atoms with Gasteiger partial charge in [0.2, 0.25) is 5.91 Å². The van der Waals surface area contributed by atoms with E-state index in [0.717, 1.165) is 5.56 Å². The highest BCUT2D eigenvalue weighted by molar-refractivity contribution is 5.96. The van der Waals surface area contributed by atoms with Crippen molar-refractivity contribution in [3.8, 4) is 0 Å². The molecule has 24 heavy (non-hydrogen) atoms. The van der Waals surface area contributed by atoms with Crippen molar-refractivity contribution in [3.05, 3.63) is 35.4 Å². The molecule has 1 unspecified atom stereocenters.